The van der Waals surface area contributed by atoms with Crippen LogP contribution >= 0.6 is 0 Å². The van der Waals surface area contributed by atoms with Gasteiger partial charge in [0.15, 0.2) is 11.5 Å². The van der Waals surface area contributed by atoms with E-state index in [1.807, 2.05) is 45.0 Å². The third-order valence-electron chi connectivity index (χ3n) is 6.65. The highest BCUT2D eigenvalue weighted by Gasteiger charge is 2.36. The first-order chi connectivity index (χ1) is 18.4. The number of para-hydroxylation sites is 1. The van der Waals surface area contributed by atoms with E-state index in [4.69, 9.17) is 9.47 Å². The summed E-state index contributed by atoms with van der Waals surface area (Å²) in [4.78, 5) is 33.7. The Kier molecular flexibility index (Phi) is 6.95. The van der Waals surface area contributed by atoms with Gasteiger partial charge in [0.05, 0.1) is 5.52 Å². The molecule has 2 amide bonds. The highest BCUT2D eigenvalue weighted by Crippen LogP contribution is 2.37. The molecule has 196 valence electrons. The zero-order valence-corrected chi connectivity index (χ0v) is 21.6. The molecule has 0 aliphatic carbocycles. The Morgan fingerprint density at radius 2 is 1.79 bits per heavy atom. The van der Waals surface area contributed by atoms with E-state index < -0.39 is 11.6 Å². The molecule has 0 saturated heterocycles. The van der Waals surface area contributed by atoms with Crippen molar-refractivity contribution in [3.8, 4) is 11.5 Å². The van der Waals surface area contributed by atoms with Crippen molar-refractivity contribution in [2.45, 2.75) is 45.3 Å². The Labute approximate surface area is 220 Å². The van der Waals surface area contributed by atoms with Gasteiger partial charge in [0.1, 0.15) is 31.3 Å². The van der Waals surface area contributed by atoms with Gasteiger partial charge in [0.25, 0.3) is 0 Å². The molecule has 2 aromatic heterocycles. The average Bonchev–Trinajstić information content (AvgIpc) is 3.34. The van der Waals surface area contributed by atoms with Crippen LogP contribution in [0.25, 0.3) is 11.0 Å². The number of hydrogen-bond donors (Lipinski definition) is 1. The molecule has 10 heteroatoms. The summed E-state index contributed by atoms with van der Waals surface area (Å²) in [6, 6.07) is 15.2. The second-order valence-corrected chi connectivity index (χ2v) is 9.74. The fourth-order valence-corrected chi connectivity index (χ4v) is 4.31. The van der Waals surface area contributed by atoms with Crippen LogP contribution in [0.1, 0.15) is 38.8 Å². The summed E-state index contributed by atoms with van der Waals surface area (Å²) in [6.07, 6.45) is 3.93. The molecule has 38 heavy (non-hydrogen) atoms. The average molecular weight is 515 g/mol. The number of aromatic nitrogens is 4. The molecule has 10 nitrogen and oxygen atoms in total. The molecular formula is C28H30N6O4. The molecule has 1 unspecified atom stereocenters. The van der Waals surface area contributed by atoms with E-state index in [1.54, 1.807) is 47.4 Å². The number of carbonyl (C=O) groups is 2. The normalized spacial score (nSPS) is 13.7. The minimum atomic E-state index is -0.978. The number of ether oxygens (including phenoxy) is 2. The zero-order chi connectivity index (χ0) is 26.7. The SMILES string of the molecule is CCC(C)(C)NC(=O)C(c1ccncc1)N(C(=O)Cn1nnc2ccccc21)c1ccc2c(c1)OCCO2. The monoisotopic (exact) mass is 514 g/mol. The topological polar surface area (TPSA) is 111 Å². The number of fused-ring (bicyclic) bond motifs is 2. The predicted molar refractivity (Wildman–Crippen MR) is 142 cm³/mol. The van der Waals surface area contributed by atoms with Gasteiger partial charge in [-0.15, -0.1) is 5.10 Å². The fraction of sp³-hybridized carbons (Fsp3) is 0.321. The van der Waals surface area contributed by atoms with Gasteiger partial charge in [-0.1, -0.05) is 24.3 Å². The fourth-order valence-electron chi connectivity index (χ4n) is 4.31. The van der Waals surface area contributed by atoms with E-state index in [-0.39, 0.29) is 18.4 Å². The van der Waals surface area contributed by atoms with Gasteiger partial charge in [-0.25, -0.2) is 4.68 Å². The third kappa shape index (κ3) is 5.15. The van der Waals surface area contributed by atoms with E-state index in [9.17, 15) is 9.59 Å². The van der Waals surface area contributed by atoms with Crippen molar-refractivity contribution >= 4 is 28.5 Å². The van der Waals surface area contributed by atoms with Crippen LogP contribution in [0.3, 0.4) is 0 Å². The van der Waals surface area contributed by atoms with Crippen molar-refractivity contribution in [3.63, 3.8) is 0 Å². The molecular weight excluding hydrogens is 484 g/mol. The number of anilines is 1. The van der Waals surface area contributed by atoms with Crippen LogP contribution < -0.4 is 19.7 Å². The molecule has 2 aromatic carbocycles. The lowest BCUT2D eigenvalue weighted by molar-refractivity contribution is -0.128. The van der Waals surface area contributed by atoms with Gasteiger partial charge in [-0.05, 0) is 62.2 Å². The smallest absolute Gasteiger partial charge is 0.249 e. The highest BCUT2D eigenvalue weighted by molar-refractivity contribution is 6.02. The summed E-state index contributed by atoms with van der Waals surface area (Å²) in [5.41, 5.74) is 2.04. The van der Waals surface area contributed by atoms with Gasteiger partial charge < -0.3 is 14.8 Å². The summed E-state index contributed by atoms with van der Waals surface area (Å²) in [6.45, 7) is 6.62. The van der Waals surface area contributed by atoms with E-state index in [0.717, 1.165) is 5.52 Å². The highest BCUT2D eigenvalue weighted by atomic mass is 16.6. The predicted octanol–water partition coefficient (Wildman–Crippen LogP) is 3.68. The number of rotatable bonds is 8. The van der Waals surface area contributed by atoms with Crippen LogP contribution in [0.15, 0.2) is 67.0 Å². The Bertz CT molecular complexity index is 1450. The van der Waals surface area contributed by atoms with Crippen LogP contribution in [0.4, 0.5) is 5.69 Å². The molecule has 1 aliphatic rings. The lowest BCUT2D eigenvalue weighted by Gasteiger charge is -2.35. The van der Waals surface area contributed by atoms with E-state index in [2.05, 4.69) is 20.6 Å². The molecule has 5 rings (SSSR count). The lowest BCUT2D eigenvalue weighted by atomic mass is 9.98. The number of amides is 2. The third-order valence-corrected chi connectivity index (χ3v) is 6.65. The Morgan fingerprint density at radius 3 is 2.55 bits per heavy atom. The summed E-state index contributed by atoms with van der Waals surface area (Å²) < 4.78 is 13.0. The van der Waals surface area contributed by atoms with Crippen LogP contribution in [0, 0.1) is 0 Å². The Morgan fingerprint density at radius 1 is 1.05 bits per heavy atom. The Hall–Kier alpha value is -4.47. The van der Waals surface area contributed by atoms with Crippen molar-refractivity contribution in [1.29, 1.82) is 0 Å². The number of benzene rings is 2. The van der Waals surface area contributed by atoms with Crippen LogP contribution in [0.2, 0.25) is 0 Å². The zero-order valence-electron chi connectivity index (χ0n) is 21.6. The molecule has 1 N–H and O–H groups in total. The van der Waals surface area contributed by atoms with Crippen molar-refractivity contribution in [1.82, 2.24) is 25.3 Å². The maximum Gasteiger partial charge on any atom is 0.249 e. The lowest BCUT2D eigenvalue weighted by Crippen LogP contribution is -2.51. The summed E-state index contributed by atoms with van der Waals surface area (Å²) in [5, 5.41) is 11.5. The number of hydrogen-bond acceptors (Lipinski definition) is 7. The maximum absolute atomic E-state index is 14.1. The molecule has 0 fully saturated rings. The van der Waals surface area contributed by atoms with Gasteiger partial charge in [0, 0.05) is 29.7 Å². The molecule has 0 bridgehead atoms. The first-order valence-corrected chi connectivity index (χ1v) is 12.6. The second kappa shape index (κ2) is 10.5. The quantitative estimate of drug-likeness (QED) is 0.382. The minimum absolute atomic E-state index is 0.124. The van der Waals surface area contributed by atoms with Gasteiger partial charge >= 0.3 is 0 Å². The number of nitrogens with one attached hydrogen (secondary N) is 1. The van der Waals surface area contributed by atoms with Crippen molar-refractivity contribution in [2.75, 3.05) is 18.1 Å². The van der Waals surface area contributed by atoms with Crippen molar-refractivity contribution in [3.05, 3.63) is 72.6 Å². The molecule has 0 radical (unpaired) electrons. The number of carbonyl (C=O) groups excluding carboxylic acids is 2. The Balaban J connectivity index is 1.61. The number of nitrogens with zero attached hydrogens (tertiary/aromatic N) is 5. The first kappa shape index (κ1) is 25.2. The molecule has 3 heterocycles. The van der Waals surface area contributed by atoms with Crippen LogP contribution in [-0.4, -0.2) is 50.5 Å². The molecule has 1 aliphatic heterocycles. The molecule has 1 atom stereocenters. The van der Waals surface area contributed by atoms with Crippen molar-refractivity contribution < 1.29 is 19.1 Å². The van der Waals surface area contributed by atoms with Gasteiger partial charge in [0.2, 0.25) is 11.8 Å². The van der Waals surface area contributed by atoms with Gasteiger partial charge in [-0.2, -0.15) is 0 Å². The molecule has 0 saturated carbocycles. The van der Waals surface area contributed by atoms with Crippen LogP contribution in [-0.2, 0) is 16.1 Å². The van der Waals surface area contributed by atoms with Crippen LogP contribution in [0.5, 0.6) is 11.5 Å². The first-order valence-electron chi connectivity index (χ1n) is 12.6. The largest absolute Gasteiger partial charge is 0.486 e. The number of pyridine rings is 1. The molecule has 4 aromatic rings. The maximum atomic E-state index is 14.1. The minimum Gasteiger partial charge on any atom is -0.486 e. The standard InChI is InChI=1S/C28H30N6O4/c1-4-28(2,3)30-27(36)26(19-11-13-29-14-12-19)34(20-9-10-23-24(17-20)38-16-15-37-23)25(35)18-33-22-8-6-5-7-21(22)31-32-33/h5-14,17,26H,4,15-16,18H2,1-3H3,(H,30,36). The summed E-state index contributed by atoms with van der Waals surface area (Å²) in [5.74, 6) is 0.450. The van der Waals surface area contributed by atoms with Crippen molar-refractivity contribution in [2.24, 2.45) is 0 Å². The van der Waals surface area contributed by atoms with E-state index in [1.165, 1.54) is 4.90 Å². The van der Waals surface area contributed by atoms with E-state index in [0.29, 0.717) is 47.9 Å². The summed E-state index contributed by atoms with van der Waals surface area (Å²) in [7, 11) is 0. The van der Waals surface area contributed by atoms with E-state index >= 15 is 0 Å². The molecule has 0 spiro atoms. The second-order valence-electron chi connectivity index (χ2n) is 9.74. The summed E-state index contributed by atoms with van der Waals surface area (Å²) >= 11 is 0. The van der Waals surface area contributed by atoms with Gasteiger partial charge in [-0.3, -0.25) is 19.5 Å².